The van der Waals surface area contributed by atoms with Crippen LogP contribution in [0.4, 0.5) is 9.59 Å². The standard InChI is InChI=1S/2C9H7N.2C4H3NO3S.CH2O/c2*1-2-6-9-8(4-1)5-3-7-10-9;2*6-4(7)8-3-1-2-9-5-3;1-2/h2*1-7H;2*1-2H,(H,6,7);1H2. The van der Waals surface area contributed by atoms with Crippen LogP contribution in [0.1, 0.15) is 0 Å². The number of hydrogen-bond donors (Lipinski definition) is 2. The minimum absolute atomic E-state index is 0.132. The van der Waals surface area contributed by atoms with E-state index in [1.807, 2.05) is 67.7 Å². The van der Waals surface area contributed by atoms with E-state index in [0.29, 0.717) is 0 Å². The summed E-state index contributed by atoms with van der Waals surface area (Å²) >= 11 is 2.29. The highest BCUT2D eigenvalue weighted by Crippen LogP contribution is 2.10. The van der Waals surface area contributed by atoms with E-state index in [9.17, 15) is 9.59 Å². The molecule has 13 heteroatoms. The van der Waals surface area contributed by atoms with Crippen molar-refractivity contribution in [3.63, 3.8) is 0 Å². The molecular weight excluding hydrogens is 556 g/mol. The number of nitrogens with zero attached hydrogens (tertiary/aromatic N) is 4. The Balaban J connectivity index is 0.000000183. The average molecular weight is 579 g/mol. The van der Waals surface area contributed by atoms with Crippen LogP contribution in [-0.2, 0) is 4.79 Å². The van der Waals surface area contributed by atoms with Crippen LogP contribution in [0.5, 0.6) is 11.8 Å². The zero-order valence-electron chi connectivity index (χ0n) is 20.6. The number of fused-ring (bicyclic) bond motifs is 2. The Hall–Kier alpha value is -5.27. The third-order valence-electron chi connectivity index (χ3n) is 4.24. The Morgan fingerprint density at radius 2 is 0.975 bits per heavy atom. The van der Waals surface area contributed by atoms with Gasteiger partial charge in [-0.05, 0) is 47.3 Å². The van der Waals surface area contributed by atoms with Crippen LogP contribution in [0, 0.1) is 0 Å². The molecule has 0 amide bonds. The fraction of sp³-hybridized carbons (Fsp3) is 0. The van der Waals surface area contributed by atoms with Crippen molar-refractivity contribution in [2.75, 3.05) is 0 Å². The van der Waals surface area contributed by atoms with Crippen LogP contribution < -0.4 is 9.47 Å². The van der Waals surface area contributed by atoms with Crippen LogP contribution in [-0.4, -0.2) is 48.0 Å². The molecule has 4 aromatic heterocycles. The fourth-order valence-corrected chi connectivity index (χ4v) is 3.60. The van der Waals surface area contributed by atoms with Crippen molar-refractivity contribution < 1.29 is 34.1 Å². The number of ether oxygens (including phenoxy) is 2. The van der Waals surface area contributed by atoms with Crippen molar-refractivity contribution in [2.45, 2.75) is 0 Å². The molecule has 40 heavy (non-hydrogen) atoms. The number of para-hydroxylation sites is 2. The third kappa shape index (κ3) is 11.9. The molecule has 204 valence electrons. The maximum Gasteiger partial charge on any atom is 0.512 e. The van der Waals surface area contributed by atoms with Crippen LogP contribution >= 0.6 is 23.1 Å². The van der Waals surface area contributed by atoms with E-state index in [2.05, 4.69) is 52.5 Å². The number of rotatable bonds is 2. The van der Waals surface area contributed by atoms with Gasteiger partial charge in [0.15, 0.2) is 0 Å². The summed E-state index contributed by atoms with van der Waals surface area (Å²) in [5.41, 5.74) is 2.12. The quantitative estimate of drug-likeness (QED) is 0.211. The average Bonchev–Trinajstić information content (AvgIpc) is 3.69. The lowest BCUT2D eigenvalue weighted by molar-refractivity contribution is -0.0980. The fourth-order valence-electron chi connectivity index (χ4n) is 2.72. The number of aromatic nitrogens is 4. The van der Waals surface area contributed by atoms with Gasteiger partial charge in [-0.3, -0.25) is 9.97 Å². The van der Waals surface area contributed by atoms with Crippen molar-refractivity contribution in [3.05, 3.63) is 108 Å². The summed E-state index contributed by atoms with van der Waals surface area (Å²) < 4.78 is 15.5. The van der Waals surface area contributed by atoms with Crippen LogP contribution in [0.3, 0.4) is 0 Å². The molecule has 2 N–H and O–H groups in total. The van der Waals surface area contributed by atoms with E-state index in [-0.39, 0.29) is 11.8 Å². The van der Waals surface area contributed by atoms with E-state index < -0.39 is 12.3 Å². The summed E-state index contributed by atoms with van der Waals surface area (Å²) in [4.78, 5) is 36.0. The zero-order valence-corrected chi connectivity index (χ0v) is 22.3. The molecule has 0 spiro atoms. The normalized spacial score (nSPS) is 9.10. The Morgan fingerprint density at radius 3 is 1.30 bits per heavy atom. The van der Waals surface area contributed by atoms with Gasteiger partial charge in [-0.2, -0.15) is 8.75 Å². The highest BCUT2D eigenvalue weighted by molar-refractivity contribution is 7.03. The van der Waals surface area contributed by atoms with E-state index >= 15 is 0 Å². The van der Waals surface area contributed by atoms with Crippen molar-refractivity contribution in [3.8, 4) is 11.8 Å². The van der Waals surface area contributed by atoms with Crippen LogP contribution in [0.2, 0.25) is 0 Å². The molecule has 0 radical (unpaired) electrons. The lowest BCUT2D eigenvalue weighted by Crippen LogP contribution is -2.02. The van der Waals surface area contributed by atoms with Crippen LogP contribution in [0.15, 0.2) is 108 Å². The molecule has 0 atom stereocenters. The van der Waals surface area contributed by atoms with Gasteiger partial charge < -0.3 is 24.5 Å². The highest BCUT2D eigenvalue weighted by atomic mass is 32.1. The van der Waals surface area contributed by atoms with Crippen LogP contribution in [0.25, 0.3) is 21.8 Å². The molecule has 11 nitrogen and oxygen atoms in total. The zero-order chi connectivity index (χ0) is 29.0. The number of carboxylic acid groups (broad SMARTS) is 2. The monoisotopic (exact) mass is 578 g/mol. The van der Waals surface area contributed by atoms with Gasteiger partial charge in [0, 0.05) is 46.1 Å². The van der Waals surface area contributed by atoms with Crippen molar-refractivity contribution >= 4 is 64.0 Å². The summed E-state index contributed by atoms with van der Waals surface area (Å²) in [7, 11) is 0. The van der Waals surface area contributed by atoms with Gasteiger partial charge in [-0.1, -0.05) is 48.5 Å². The van der Waals surface area contributed by atoms with Gasteiger partial charge in [-0.15, -0.1) is 0 Å². The van der Waals surface area contributed by atoms with E-state index in [4.69, 9.17) is 15.0 Å². The number of pyridine rings is 2. The first kappa shape index (κ1) is 31.0. The molecule has 0 fully saturated rings. The Kier molecular flexibility index (Phi) is 14.0. The molecule has 0 saturated carbocycles. The SMILES string of the molecule is C=O.O=C(O)Oc1ccsn1.O=C(O)Oc1ccsn1.c1ccc2ncccc2c1.c1ccc2ncccc2c1. The number of benzene rings is 2. The van der Waals surface area contributed by atoms with Gasteiger partial charge >= 0.3 is 12.3 Å². The minimum atomic E-state index is -1.33. The van der Waals surface area contributed by atoms with Crippen molar-refractivity contribution in [1.29, 1.82) is 0 Å². The van der Waals surface area contributed by atoms with Gasteiger partial charge in [0.25, 0.3) is 0 Å². The molecule has 0 unspecified atom stereocenters. The summed E-state index contributed by atoms with van der Waals surface area (Å²) in [6, 6.07) is 27.1. The molecule has 0 aliphatic heterocycles. The molecule has 0 saturated heterocycles. The smallest absolute Gasteiger partial charge is 0.449 e. The second kappa shape index (κ2) is 18.1. The maximum absolute atomic E-state index is 9.81. The first-order valence-electron chi connectivity index (χ1n) is 11.0. The predicted molar refractivity (Wildman–Crippen MR) is 152 cm³/mol. The second-order valence-electron chi connectivity index (χ2n) is 6.80. The van der Waals surface area contributed by atoms with Gasteiger partial charge in [-0.25, -0.2) is 9.59 Å². The number of carbonyl (C=O) groups excluding carboxylic acids is 1. The van der Waals surface area contributed by atoms with Gasteiger partial charge in [0.1, 0.15) is 6.79 Å². The Labute approximate surface area is 236 Å². The largest absolute Gasteiger partial charge is 0.512 e. The summed E-state index contributed by atoms with van der Waals surface area (Å²) in [6.07, 6.45) is 0.951. The van der Waals surface area contributed by atoms with E-state index in [1.54, 1.807) is 10.8 Å². The summed E-state index contributed by atoms with van der Waals surface area (Å²) in [5, 5.41) is 21.7. The molecule has 0 aliphatic carbocycles. The number of hydrogen-bond acceptors (Lipinski definition) is 11. The molecule has 6 rings (SSSR count). The topological polar surface area (TPSA) is 162 Å². The van der Waals surface area contributed by atoms with Crippen molar-refractivity contribution in [1.82, 2.24) is 18.7 Å². The molecule has 2 aromatic carbocycles. The highest BCUT2D eigenvalue weighted by Gasteiger charge is 2.00. The Bertz CT molecular complexity index is 1320. The lowest BCUT2D eigenvalue weighted by atomic mass is 10.2. The summed E-state index contributed by atoms with van der Waals surface area (Å²) in [5.74, 6) is 0.264. The molecule has 4 heterocycles. The lowest BCUT2D eigenvalue weighted by Gasteiger charge is -1.91. The minimum Gasteiger partial charge on any atom is -0.449 e. The Morgan fingerprint density at radius 1 is 0.600 bits per heavy atom. The molecule has 0 aliphatic rings. The van der Waals surface area contributed by atoms with E-state index in [1.165, 1.54) is 22.9 Å². The number of carbonyl (C=O) groups is 3. The first-order chi connectivity index (χ1) is 19.5. The van der Waals surface area contributed by atoms with Crippen molar-refractivity contribution in [2.24, 2.45) is 0 Å². The molecule has 0 bridgehead atoms. The maximum atomic E-state index is 9.81. The molecular formula is C27H22N4O7S2. The van der Waals surface area contributed by atoms with Gasteiger partial charge in [0.05, 0.1) is 11.0 Å². The summed E-state index contributed by atoms with van der Waals surface area (Å²) in [6.45, 7) is 2.00. The van der Waals surface area contributed by atoms with Gasteiger partial charge in [0.2, 0.25) is 11.8 Å². The third-order valence-corrected chi connectivity index (χ3v) is 5.32. The van der Waals surface area contributed by atoms with E-state index in [0.717, 1.165) is 34.1 Å². The predicted octanol–water partition coefficient (Wildman–Crippen LogP) is 6.68. The second-order valence-corrected chi connectivity index (χ2v) is 8.13. The molecule has 6 aromatic rings. The first-order valence-corrected chi connectivity index (χ1v) is 12.7.